The second kappa shape index (κ2) is 8.79. The van der Waals surface area contributed by atoms with E-state index in [4.69, 9.17) is 0 Å². The van der Waals surface area contributed by atoms with Gasteiger partial charge in [0.1, 0.15) is 5.82 Å². The summed E-state index contributed by atoms with van der Waals surface area (Å²) in [5.74, 6) is -1.81. The fraction of sp³-hybridized carbons (Fsp3) is 0.0455. The van der Waals surface area contributed by atoms with Crippen LogP contribution in [0.1, 0.15) is 36.6 Å². The third kappa shape index (κ3) is 5.26. The fourth-order valence-corrected chi connectivity index (χ4v) is 2.55. The summed E-state index contributed by atoms with van der Waals surface area (Å²) in [6.07, 6.45) is 0. The van der Waals surface area contributed by atoms with Crippen LogP contribution in [0.25, 0.3) is 0 Å². The minimum Gasteiger partial charge on any atom is -0.322 e. The molecule has 0 aromatic heterocycles. The summed E-state index contributed by atoms with van der Waals surface area (Å²) in [5, 5.41) is 2.76. The van der Waals surface area contributed by atoms with Crippen LogP contribution in [0.2, 0.25) is 0 Å². The van der Waals surface area contributed by atoms with Crippen LogP contribution in [0.15, 0.2) is 72.8 Å². The monoisotopic (exact) mass is 391 g/mol. The summed E-state index contributed by atoms with van der Waals surface area (Å²) in [6.45, 7) is 1.90. The van der Waals surface area contributed by atoms with Gasteiger partial charge >= 0.3 is 0 Å². The number of hydrogen-bond donors (Lipinski definition) is 3. The Balaban J connectivity index is 1.56. The van der Waals surface area contributed by atoms with E-state index < -0.39 is 17.6 Å². The third-order valence-corrected chi connectivity index (χ3v) is 4.08. The van der Waals surface area contributed by atoms with Crippen LogP contribution in [-0.2, 0) is 0 Å². The highest BCUT2D eigenvalue weighted by atomic mass is 19.1. The number of amides is 3. The molecule has 0 aliphatic heterocycles. The molecule has 3 aromatic rings. The zero-order valence-electron chi connectivity index (χ0n) is 15.5. The molecule has 0 radical (unpaired) electrons. The van der Waals surface area contributed by atoms with Gasteiger partial charge in [0.15, 0.2) is 0 Å². The van der Waals surface area contributed by atoms with Crippen molar-refractivity contribution < 1.29 is 18.8 Å². The van der Waals surface area contributed by atoms with Crippen molar-refractivity contribution in [2.45, 2.75) is 6.92 Å². The number of rotatable bonds is 4. The van der Waals surface area contributed by atoms with E-state index in [1.54, 1.807) is 30.3 Å². The normalized spacial score (nSPS) is 10.1. The molecule has 3 amide bonds. The van der Waals surface area contributed by atoms with Crippen LogP contribution in [0.3, 0.4) is 0 Å². The van der Waals surface area contributed by atoms with Crippen molar-refractivity contribution in [3.05, 3.63) is 101 Å². The van der Waals surface area contributed by atoms with E-state index in [1.165, 1.54) is 24.3 Å². The van der Waals surface area contributed by atoms with Crippen molar-refractivity contribution in [1.29, 1.82) is 0 Å². The Labute approximate surface area is 166 Å². The third-order valence-electron chi connectivity index (χ3n) is 4.08. The fourth-order valence-electron chi connectivity index (χ4n) is 2.55. The maximum atomic E-state index is 12.9. The molecule has 7 heteroatoms. The van der Waals surface area contributed by atoms with Crippen molar-refractivity contribution in [3.63, 3.8) is 0 Å². The van der Waals surface area contributed by atoms with Crippen molar-refractivity contribution in [2.24, 2.45) is 0 Å². The van der Waals surface area contributed by atoms with Gasteiger partial charge in [-0.15, -0.1) is 0 Å². The molecule has 0 fully saturated rings. The minimum atomic E-state index is -0.569. The first-order valence-corrected chi connectivity index (χ1v) is 8.77. The molecule has 0 saturated carbocycles. The van der Waals surface area contributed by atoms with Gasteiger partial charge in [-0.25, -0.2) is 4.39 Å². The van der Waals surface area contributed by atoms with Crippen molar-refractivity contribution >= 4 is 23.4 Å². The van der Waals surface area contributed by atoms with E-state index in [1.807, 2.05) is 13.0 Å². The lowest BCUT2D eigenvalue weighted by Gasteiger charge is -2.09. The Morgan fingerprint density at radius 3 is 1.79 bits per heavy atom. The van der Waals surface area contributed by atoms with Gasteiger partial charge in [-0.05, 0) is 67.6 Å². The van der Waals surface area contributed by atoms with Gasteiger partial charge in [0.2, 0.25) is 0 Å². The average Bonchev–Trinajstić information content (AvgIpc) is 2.73. The summed E-state index contributed by atoms with van der Waals surface area (Å²) in [5.41, 5.74) is 7.09. The van der Waals surface area contributed by atoms with E-state index in [-0.39, 0.29) is 17.0 Å². The van der Waals surface area contributed by atoms with E-state index in [2.05, 4.69) is 16.2 Å². The van der Waals surface area contributed by atoms with Crippen LogP contribution in [0.4, 0.5) is 10.1 Å². The lowest BCUT2D eigenvalue weighted by molar-refractivity contribution is 0.0846. The van der Waals surface area contributed by atoms with Crippen LogP contribution in [-0.4, -0.2) is 17.7 Å². The molecule has 0 heterocycles. The number of benzene rings is 3. The molecule has 0 bridgehead atoms. The smallest absolute Gasteiger partial charge is 0.269 e. The van der Waals surface area contributed by atoms with E-state index >= 15 is 0 Å². The molecule has 146 valence electrons. The molecule has 0 aliphatic rings. The van der Waals surface area contributed by atoms with Crippen LogP contribution in [0.5, 0.6) is 0 Å². The topological polar surface area (TPSA) is 87.3 Å². The molecule has 29 heavy (non-hydrogen) atoms. The van der Waals surface area contributed by atoms with Crippen LogP contribution < -0.4 is 16.2 Å². The molecular formula is C22H18FN3O3. The number of halogens is 1. The number of carbonyl (C=O) groups excluding carboxylic acids is 3. The number of anilines is 1. The summed E-state index contributed by atoms with van der Waals surface area (Å²) < 4.78 is 12.9. The number of nitrogens with one attached hydrogen (secondary N) is 3. The van der Waals surface area contributed by atoms with Gasteiger partial charge < -0.3 is 5.32 Å². The Bertz CT molecular complexity index is 1050. The molecule has 0 aliphatic carbocycles. The van der Waals surface area contributed by atoms with Crippen molar-refractivity contribution in [1.82, 2.24) is 10.9 Å². The van der Waals surface area contributed by atoms with Gasteiger partial charge in [0.25, 0.3) is 17.7 Å². The zero-order valence-corrected chi connectivity index (χ0v) is 15.5. The van der Waals surface area contributed by atoms with Gasteiger partial charge in [0, 0.05) is 22.4 Å². The molecular weight excluding hydrogens is 373 g/mol. The second-order valence-corrected chi connectivity index (χ2v) is 6.32. The first-order valence-electron chi connectivity index (χ1n) is 8.77. The molecule has 3 aromatic carbocycles. The SMILES string of the molecule is Cc1cccc(C(=O)Nc2ccc(C(=O)NNC(=O)c3ccc(F)cc3)cc2)c1. The predicted octanol–water partition coefficient (Wildman–Crippen LogP) is 3.46. The molecule has 0 saturated heterocycles. The Morgan fingerprint density at radius 1 is 0.690 bits per heavy atom. The largest absolute Gasteiger partial charge is 0.322 e. The van der Waals surface area contributed by atoms with Gasteiger partial charge in [-0.1, -0.05) is 17.7 Å². The summed E-state index contributed by atoms with van der Waals surface area (Å²) in [7, 11) is 0. The quantitative estimate of drug-likeness (QED) is 0.595. The first-order chi connectivity index (χ1) is 13.9. The van der Waals surface area contributed by atoms with Gasteiger partial charge in [-0.2, -0.15) is 0 Å². The van der Waals surface area contributed by atoms with Gasteiger partial charge in [-0.3, -0.25) is 25.2 Å². The molecule has 0 atom stereocenters. The Morgan fingerprint density at radius 2 is 1.24 bits per heavy atom. The van der Waals surface area contributed by atoms with E-state index in [0.29, 0.717) is 11.3 Å². The lowest BCUT2D eigenvalue weighted by atomic mass is 10.1. The highest BCUT2D eigenvalue weighted by Crippen LogP contribution is 2.12. The highest BCUT2D eigenvalue weighted by Gasteiger charge is 2.10. The molecule has 0 unspecified atom stereocenters. The Hall–Kier alpha value is -4.00. The highest BCUT2D eigenvalue weighted by molar-refractivity contribution is 6.04. The predicted molar refractivity (Wildman–Crippen MR) is 107 cm³/mol. The van der Waals surface area contributed by atoms with E-state index in [9.17, 15) is 18.8 Å². The number of hydrogen-bond acceptors (Lipinski definition) is 3. The number of carbonyl (C=O) groups is 3. The molecule has 6 nitrogen and oxygen atoms in total. The first kappa shape index (κ1) is 19.8. The number of aryl methyl sites for hydroxylation is 1. The van der Waals surface area contributed by atoms with E-state index in [0.717, 1.165) is 17.7 Å². The number of hydrazine groups is 1. The van der Waals surface area contributed by atoms with Crippen LogP contribution in [0, 0.1) is 12.7 Å². The van der Waals surface area contributed by atoms with Crippen molar-refractivity contribution in [2.75, 3.05) is 5.32 Å². The van der Waals surface area contributed by atoms with Crippen molar-refractivity contribution in [3.8, 4) is 0 Å². The summed E-state index contributed by atoms with van der Waals surface area (Å²) >= 11 is 0. The summed E-state index contributed by atoms with van der Waals surface area (Å²) in [4.78, 5) is 36.3. The lowest BCUT2D eigenvalue weighted by Crippen LogP contribution is -2.41. The maximum Gasteiger partial charge on any atom is 0.269 e. The molecule has 3 rings (SSSR count). The maximum absolute atomic E-state index is 12.9. The standard InChI is InChI=1S/C22H18FN3O3/c1-14-3-2-4-17(13-14)20(27)24-19-11-7-16(8-12-19)22(29)26-25-21(28)15-5-9-18(23)10-6-15/h2-13H,1H3,(H,24,27)(H,25,28)(H,26,29). The minimum absolute atomic E-state index is 0.209. The second-order valence-electron chi connectivity index (χ2n) is 6.32. The Kier molecular flexibility index (Phi) is 5.99. The average molecular weight is 391 g/mol. The summed E-state index contributed by atoms with van der Waals surface area (Å²) in [6, 6.07) is 18.3. The van der Waals surface area contributed by atoms with Crippen LogP contribution >= 0.6 is 0 Å². The zero-order chi connectivity index (χ0) is 20.8. The molecule has 0 spiro atoms. The molecule has 3 N–H and O–H groups in total. The van der Waals surface area contributed by atoms with Gasteiger partial charge in [0.05, 0.1) is 0 Å².